The third-order valence-corrected chi connectivity index (χ3v) is 5.47. The highest BCUT2D eigenvalue weighted by Gasteiger charge is 2.36. The fraction of sp³-hybridized carbons (Fsp3) is 0.579. The molecule has 4 rings (SSSR count). The van der Waals surface area contributed by atoms with Crippen LogP contribution in [0.4, 0.5) is 19.0 Å². The summed E-state index contributed by atoms with van der Waals surface area (Å²) >= 11 is 0. The first-order valence-electron chi connectivity index (χ1n) is 9.36. The Bertz CT molecular complexity index is 805. The van der Waals surface area contributed by atoms with Crippen LogP contribution in [-0.4, -0.2) is 39.4 Å². The number of carbonyl (C=O) groups excluding carboxylic acids is 1. The predicted octanol–water partition coefficient (Wildman–Crippen LogP) is 3.43. The van der Waals surface area contributed by atoms with Crippen LogP contribution < -0.4 is 5.32 Å². The van der Waals surface area contributed by atoms with Gasteiger partial charge in [-0.05, 0) is 18.8 Å². The van der Waals surface area contributed by atoms with Gasteiger partial charge in [0.15, 0.2) is 5.82 Å². The summed E-state index contributed by atoms with van der Waals surface area (Å²) in [6.07, 6.45) is 2.97. The first-order chi connectivity index (χ1) is 12.8. The summed E-state index contributed by atoms with van der Waals surface area (Å²) in [7, 11) is 0. The zero-order chi connectivity index (χ0) is 19.2. The average molecular weight is 380 g/mol. The largest absolute Gasteiger partial charge is 0.412 e. The number of nitrogens with one attached hydrogen (secondary N) is 1. The molecule has 1 fully saturated rings. The van der Waals surface area contributed by atoms with E-state index in [1.54, 1.807) is 11.0 Å². The SMILES string of the molecule is CC(=O)N1CCc2c(c(NC3C=CC=C(C(F)(F)F)C3)nn2CC2CC2)C1. The molecule has 1 saturated carbocycles. The van der Waals surface area contributed by atoms with E-state index in [9.17, 15) is 18.0 Å². The Hall–Kier alpha value is -2.25. The third-order valence-electron chi connectivity index (χ3n) is 5.47. The molecule has 5 nitrogen and oxygen atoms in total. The summed E-state index contributed by atoms with van der Waals surface area (Å²) in [6, 6.07) is -0.465. The summed E-state index contributed by atoms with van der Waals surface area (Å²) in [5.41, 5.74) is 1.50. The summed E-state index contributed by atoms with van der Waals surface area (Å²) in [5, 5.41) is 7.87. The Morgan fingerprint density at radius 1 is 1.37 bits per heavy atom. The van der Waals surface area contributed by atoms with Crippen LogP contribution in [0.15, 0.2) is 23.8 Å². The highest BCUT2D eigenvalue weighted by atomic mass is 19.4. The van der Waals surface area contributed by atoms with Gasteiger partial charge in [0.25, 0.3) is 0 Å². The topological polar surface area (TPSA) is 50.2 Å². The van der Waals surface area contributed by atoms with Crippen LogP contribution in [0.5, 0.6) is 0 Å². The van der Waals surface area contributed by atoms with E-state index in [0.717, 1.165) is 30.3 Å². The van der Waals surface area contributed by atoms with Gasteiger partial charge in [-0.15, -0.1) is 0 Å². The molecule has 0 bridgehead atoms. The number of hydrogen-bond acceptors (Lipinski definition) is 3. The number of allylic oxidation sites excluding steroid dienone is 2. The van der Waals surface area contributed by atoms with Crippen molar-refractivity contribution in [3.8, 4) is 0 Å². The second-order valence-corrected chi connectivity index (χ2v) is 7.62. The smallest absolute Gasteiger partial charge is 0.362 e. The first-order valence-corrected chi connectivity index (χ1v) is 9.36. The summed E-state index contributed by atoms with van der Waals surface area (Å²) in [4.78, 5) is 13.6. The number of halogens is 3. The summed E-state index contributed by atoms with van der Waals surface area (Å²) in [5.74, 6) is 1.25. The number of aromatic nitrogens is 2. The molecule has 27 heavy (non-hydrogen) atoms. The van der Waals surface area contributed by atoms with Crippen molar-refractivity contribution in [3.05, 3.63) is 35.1 Å². The lowest BCUT2D eigenvalue weighted by molar-refractivity contribution is -0.129. The predicted molar refractivity (Wildman–Crippen MR) is 95.1 cm³/mol. The Morgan fingerprint density at radius 3 is 2.81 bits per heavy atom. The molecule has 146 valence electrons. The lowest BCUT2D eigenvalue weighted by Gasteiger charge is -2.27. The van der Waals surface area contributed by atoms with Gasteiger partial charge < -0.3 is 10.2 Å². The van der Waals surface area contributed by atoms with Gasteiger partial charge in [0.2, 0.25) is 5.91 Å². The van der Waals surface area contributed by atoms with Gasteiger partial charge in [-0.2, -0.15) is 18.3 Å². The van der Waals surface area contributed by atoms with E-state index in [2.05, 4.69) is 10.4 Å². The molecular weight excluding hydrogens is 357 g/mol. The number of hydrogen-bond donors (Lipinski definition) is 1. The van der Waals surface area contributed by atoms with E-state index in [1.165, 1.54) is 25.8 Å². The average Bonchev–Trinajstić information content (AvgIpc) is 3.37. The highest BCUT2D eigenvalue weighted by molar-refractivity contribution is 5.74. The van der Waals surface area contributed by atoms with Crippen molar-refractivity contribution >= 4 is 11.7 Å². The van der Waals surface area contributed by atoms with Crippen LogP contribution in [0.1, 0.15) is 37.4 Å². The van der Waals surface area contributed by atoms with Gasteiger partial charge in [0.05, 0.1) is 12.6 Å². The molecule has 0 saturated heterocycles. The molecule has 1 aliphatic heterocycles. The van der Waals surface area contributed by atoms with Crippen LogP contribution in [0.3, 0.4) is 0 Å². The number of amides is 1. The number of nitrogens with zero attached hydrogens (tertiary/aromatic N) is 3. The quantitative estimate of drug-likeness (QED) is 0.871. The van der Waals surface area contributed by atoms with Crippen LogP contribution in [0.25, 0.3) is 0 Å². The van der Waals surface area contributed by atoms with Crippen molar-refractivity contribution in [2.45, 2.75) is 57.9 Å². The van der Waals surface area contributed by atoms with E-state index < -0.39 is 17.8 Å². The second kappa shape index (κ2) is 6.73. The van der Waals surface area contributed by atoms with E-state index in [-0.39, 0.29) is 12.3 Å². The van der Waals surface area contributed by atoms with Crippen molar-refractivity contribution in [3.63, 3.8) is 0 Å². The maximum absolute atomic E-state index is 13.0. The maximum atomic E-state index is 13.0. The molecule has 2 aliphatic carbocycles. The van der Waals surface area contributed by atoms with E-state index in [4.69, 9.17) is 0 Å². The molecule has 0 radical (unpaired) electrons. The number of rotatable bonds is 4. The molecular formula is C19H23F3N4O. The van der Waals surface area contributed by atoms with Crippen LogP contribution in [0, 0.1) is 5.92 Å². The lowest BCUT2D eigenvalue weighted by Crippen LogP contribution is -2.35. The van der Waals surface area contributed by atoms with Gasteiger partial charge in [-0.3, -0.25) is 9.48 Å². The second-order valence-electron chi connectivity index (χ2n) is 7.62. The van der Waals surface area contributed by atoms with Crippen molar-refractivity contribution < 1.29 is 18.0 Å². The number of anilines is 1. The van der Waals surface area contributed by atoms with Crippen LogP contribution >= 0.6 is 0 Å². The van der Waals surface area contributed by atoms with Gasteiger partial charge in [-0.25, -0.2) is 0 Å². The molecule has 1 N–H and O–H groups in total. The molecule has 1 aromatic heterocycles. The Labute approximate surface area is 155 Å². The highest BCUT2D eigenvalue weighted by Crippen LogP contribution is 2.35. The molecule has 8 heteroatoms. The van der Waals surface area contributed by atoms with Crippen molar-refractivity contribution in [2.75, 3.05) is 11.9 Å². The fourth-order valence-electron chi connectivity index (χ4n) is 3.74. The van der Waals surface area contributed by atoms with Gasteiger partial charge in [-0.1, -0.05) is 18.2 Å². The Kier molecular flexibility index (Phi) is 4.52. The van der Waals surface area contributed by atoms with Crippen molar-refractivity contribution in [1.82, 2.24) is 14.7 Å². The maximum Gasteiger partial charge on any atom is 0.412 e. The molecule has 1 amide bonds. The third kappa shape index (κ3) is 3.89. The first kappa shape index (κ1) is 18.1. The zero-order valence-corrected chi connectivity index (χ0v) is 15.2. The summed E-state index contributed by atoms with van der Waals surface area (Å²) in [6.45, 7) is 3.49. The normalized spacial score (nSPS) is 22.4. The zero-order valence-electron chi connectivity index (χ0n) is 15.2. The molecule has 2 heterocycles. The Morgan fingerprint density at radius 2 is 2.15 bits per heavy atom. The van der Waals surface area contributed by atoms with E-state index >= 15 is 0 Å². The van der Waals surface area contributed by atoms with Crippen molar-refractivity contribution in [1.29, 1.82) is 0 Å². The standard InChI is InChI=1S/C19H23F3N4O/c1-12(27)25-8-7-17-16(11-25)18(24-26(17)10-13-5-6-13)23-15-4-2-3-14(9-15)19(20,21)22/h2-4,13,15H,5-11H2,1H3,(H,23,24). The monoisotopic (exact) mass is 380 g/mol. The molecule has 0 aromatic carbocycles. The number of alkyl halides is 3. The lowest BCUT2D eigenvalue weighted by atomic mass is 9.99. The number of fused-ring (bicyclic) bond motifs is 1. The fourth-order valence-corrected chi connectivity index (χ4v) is 3.74. The molecule has 3 aliphatic rings. The molecule has 1 aromatic rings. The minimum Gasteiger partial charge on any atom is -0.362 e. The minimum atomic E-state index is -4.32. The van der Waals surface area contributed by atoms with Gasteiger partial charge >= 0.3 is 6.18 Å². The molecule has 1 unspecified atom stereocenters. The van der Waals surface area contributed by atoms with E-state index in [0.29, 0.717) is 24.8 Å². The van der Waals surface area contributed by atoms with Crippen LogP contribution in [0.2, 0.25) is 0 Å². The van der Waals surface area contributed by atoms with Crippen LogP contribution in [-0.2, 0) is 24.3 Å². The van der Waals surface area contributed by atoms with Gasteiger partial charge in [0, 0.05) is 49.7 Å². The van der Waals surface area contributed by atoms with E-state index in [1.807, 2.05) is 4.68 Å². The minimum absolute atomic E-state index is 0.00129. The number of carbonyl (C=O) groups is 1. The molecule has 0 spiro atoms. The van der Waals surface area contributed by atoms with Crippen molar-refractivity contribution in [2.24, 2.45) is 5.92 Å². The Balaban J connectivity index is 1.57. The van der Waals surface area contributed by atoms with Gasteiger partial charge in [0.1, 0.15) is 0 Å². The molecule has 1 atom stereocenters. The summed E-state index contributed by atoms with van der Waals surface area (Å²) < 4.78 is 41.1.